The van der Waals surface area contributed by atoms with Gasteiger partial charge in [0.25, 0.3) is 0 Å². The zero-order valence-corrected chi connectivity index (χ0v) is 12.3. The summed E-state index contributed by atoms with van der Waals surface area (Å²) in [4.78, 5) is 15.0. The molecule has 1 aromatic rings. The molecule has 2 bridgehead atoms. The molecule has 0 radical (unpaired) electrons. The van der Waals surface area contributed by atoms with Gasteiger partial charge in [-0.3, -0.25) is 14.4 Å². The van der Waals surface area contributed by atoms with Crippen molar-refractivity contribution in [3.05, 3.63) is 18.0 Å². The lowest BCUT2D eigenvalue weighted by Gasteiger charge is -2.46. The highest BCUT2D eigenvalue weighted by Crippen LogP contribution is 2.32. The molecule has 0 N–H and O–H groups in total. The summed E-state index contributed by atoms with van der Waals surface area (Å²) >= 11 is 0. The van der Waals surface area contributed by atoms with Crippen molar-refractivity contribution in [3.63, 3.8) is 0 Å². The molecule has 3 heterocycles. The van der Waals surface area contributed by atoms with E-state index in [4.69, 9.17) is 4.74 Å². The molecule has 2 atom stereocenters. The predicted octanol–water partition coefficient (Wildman–Crippen LogP) is 1.59. The third-order valence-corrected chi connectivity index (χ3v) is 4.63. The van der Waals surface area contributed by atoms with E-state index in [1.807, 2.05) is 10.9 Å². The second-order valence-corrected chi connectivity index (χ2v) is 6.04. The lowest BCUT2D eigenvalue weighted by Crippen LogP contribution is -2.55. The molecule has 2 unspecified atom stereocenters. The number of carbonyl (C=O) groups excluding carboxylic acids is 1. The number of piperidine rings is 1. The first-order valence-corrected chi connectivity index (χ1v) is 7.55. The standard InChI is InChI=1S/C15H23N3O2/c1-3-4-18-8-12(7-16-18)15(19)11-5-13-9-20-10-14(6-11)17(13)2/h7-8,11,13-14H,3-6,9-10H2,1-2H3. The van der Waals surface area contributed by atoms with Crippen LogP contribution in [0.2, 0.25) is 0 Å². The molecule has 2 saturated heterocycles. The summed E-state index contributed by atoms with van der Waals surface area (Å²) in [6.07, 6.45) is 6.47. The van der Waals surface area contributed by atoms with E-state index in [2.05, 4.69) is 24.0 Å². The summed E-state index contributed by atoms with van der Waals surface area (Å²) in [5, 5.41) is 4.27. The predicted molar refractivity (Wildman–Crippen MR) is 75.7 cm³/mol. The largest absolute Gasteiger partial charge is 0.378 e. The Morgan fingerprint density at radius 1 is 1.40 bits per heavy atom. The SMILES string of the molecule is CCCn1cc(C(=O)C2CC3COCC(C2)N3C)cn1. The minimum atomic E-state index is 0.129. The number of ether oxygens (including phenoxy) is 1. The molecular weight excluding hydrogens is 254 g/mol. The van der Waals surface area contributed by atoms with Crippen LogP contribution in [-0.4, -0.2) is 52.8 Å². The van der Waals surface area contributed by atoms with Gasteiger partial charge in [0.05, 0.1) is 25.0 Å². The van der Waals surface area contributed by atoms with Gasteiger partial charge in [0.1, 0.15) is 0 Å². The van der Waals surface area contributed by atoms with Crippen LogP contribution >= 0.6 is 0 Å². The number of fused-ring (bicyclic) bond motifs is 2. The number of Topliss-reactive ketones (excluding diaryl/α,β-unsaturated/α-hetero) is 1. The van der Waals surface area contributed by atoms with E-state index in [0.717, 1.165) is 44.6 Å². The quantitative estimate of drug-likeness (QED) is 0.784. The number of hydrogen-bond acceptors (Lipinski definition) is 4. The van der Waals surface area contributed by atoms with Crippen LogP contribution in [0.5, 0.6) is 0 Å². The summed E-state index contributed by atoms with van der Waals surface area (Å²) in [5.74, 6) is 0.390. The Morgan fingerprint density at radius 2 is 2.10 bits per heavy atom. The highest BCUT2D eigenvalue weighted by atomic mass is 16.5. The molecule has 1 aromatic heterocycles. The molecule has 0 aromatic carbocycles. The van der Waals surface area contributed by atoms with Crippen LogP contribution in [0.3, 0.4) is 0 Å². The fraction of sp³-hybridized carbons (Fsp3) is 0.733. The van der Waals surface area contributed by atoms with E-state index in [-0.39, 0.29) is 11.7 Å². The number of nitrogens with zero attached hydrogens (tertiary/aromatic N) is 3. The summed E-state index contributed by atoms with van der Waals surface area (Å²) in [6, 6.07) is 0.782. The topological polar surface area (TPSA) is 47.4 Å². The highest BCUT2D eigenvalue weighted by molar-refractivity contribution is 5.97. The molecule has 5 heteroatoms. The first-order valence-electron chi connectivity index (χ1n) is 7.55. The van der Waals surface area contributed by atoms with Crippen LogP contribution in [0.25, 0.3) is 0 Å². The Hall–Kier alpha value is -1.20. The average molecular weight is 277 g/mol. The maximum Gasteiger partial charge on any atom is 0.169 e. The highest BCUT2D eigenvalue weighted by Gasteiger charge is 2.39. The van der Waals surface area contributed by atoms with Crippen LogP contribution < -0.4 is 0 Å². The van der Waals surface area contributed by atoms with E-state index in [0.29, 0.717) is 12.1 Å². The summed E-state index contributed by atoms with van der Waals surface area (Å²) in [5.41, 5.74) is 0.770. The van der Waals surface area contributed by atoms with Crippen molar-refractivity contribution in [2.45, 2.75) is 44.8 Å². The first-order chi connectivity index (χ1) is 9.69. The minimum Gasteiger partial charge on any atom is -0.378 e. The third kappa shape index (κ3) is 2.52. The monoisotopic (exact) mass is 277 g/mol. The van der Waals surface area contributed by atoms with E-state index in [1.54, 1.807) is 6.20 Å². The molecule has 0 aliphatic carbocycles. The number of aryl methyl sites for hydroxylation is 1. The van der Waals surface area contributed by atoms with Crippen LogP contribution in [0.1, 0.15) is 36.5 Å². The van der Waals surface area contributed by atoms with Crippen molar-refractivity contribution < 1.29 is 9.53 Å². The first kappa shape index (κ1) is 13.8. The van der Waals surface area contributed by atoms with E-state index in [1.165, 1.54) is 0 Å². The lowest BCUT2D eigenvalue weighted by molar-refractivity contribution is -0.0702. The number of ketones is 1. The van der Waals surface area contributed by atoms with Crippen molar-refractivity contribution in [2.24, 2.45) is 5.92 Å². The molecule has 110 valence electrons. The van der Waals surface area contributed by atoms with Gasteiger partial charge in [0, 0.05) is 30.7 Å². The zero-order chi connectivity index (χ0) is 14.1. The molecule has 0 amide bonds. The van der Waals surface area contributed by atoms with Crippen molar-refractivity contribution in [2.75, 3.05) is 20.3 Å². The number of aromatic nitrogens is 2. The van der Waals surface area contributed by atoms with Crippen molar-refractivity contribution in [1.82, 2.24) is 14.7 Å². The van der Waals surface area contributed by atoms with Gasteiger partial charge in [-0.15, -0.1) is 0 Å². The van der Waals surface area contributed by atoms with Gasteiger partial charge in [0.15, 0.2) is 5.78 Å². The van der Waals surface area contributed by atoms with E-state index >= 15 is 0 Å². The molecule has 3 rings (SSSR count). The molecular formula is C15H23N3O2. The molecule has 2 fully saturated rings. The van der Waals surface area contributed by atoms with Crippen LogP contribution in [0.15, 0.2) is 12.4 Å². The molecule has 2 aliphatic rings. The Balaban J connectivity index is 1.70. The molecule has 0 saturated carbocycles. The summed E-state index contributed by atoms with van der Waals surface area (Å²) in [7, 11) is 2.15. The van der Waals surface area contributed by atoms with Gasteiger partial charge in [-0.25, -0.2) is 0 Å². The van der Waals surface area contributed by atoms with Crippen LogP contribution in [0.4, 0.5) is 0 Å². The number of hydrogen-bond donors (Lipinski definition) is 0. The van der Waals surface area contributed by atoms with Crippen molar-refractivity contribution >= 4 is 5.78 Å². The van der Waals surface area contributed by atoms with E-state index < -0.39 is 0 Å². The Morgan fingerprint density at radius 3 is 2.75 bits per heavy atom. The van der Waals surface area contributed by atoms with Gasteiger partial charge in [-0.2, -0.15) is 5.10 Å². The molecule has 20 heavy (non-hydrogen) atoms. The second-order valence-electron chi connectivity index (χ2n) is 6.04. The maximum absolute atomic E-state index is 12.6. The van der Waals surface area contributed by atoms with E-state index in [9.17, 15) is 4.79 Å². The zero-order valence-electron chi connectivity index (χ0n) is 12.3. The van der Waals surface area contributed by atoms with Gasteiger partial charge in [0.2, 0.25) is 0 Å². The van der Waals surface area contributed by atoms with Gasteiger partial charge in [-0.05, 0) is 26.3 Å². The molecule has 0 spiro atoms. The minimum absolute atomic E-state index is 0.129. The van der Waals surface area contributed by atoms with Crippen LogP contribution in [-0.2, 0) is 11.3 Å². The number of rotatable bonds is 4. The Bertz CT molecular complexity index is 471. The smallest absolute Gasteiger partial charge is 0.169 e. The number of likely N-dealkylation sites (N-methyl/N-ethyl adjacent to an activating group) is 1. The average Bonchev–Trinajstić information content (AvgIpc) is 2.86. The lowest BCUT2D eigenvalue weighted by atomic mass is 9.81. The number of morpholine rings is 1. The molecule has 2 aliphatic heterocycles. The van der Waals surface area contributed by atoms with Gasteiger partial charge < -0.3 is 4.74 Å². The Kier molecular flexibility index (Phi) is 3.89. The third-order valence-electron chi connectivity index (χ3n) is 4.63. The normalized spacial score (nSPS) is 30.4. The van der Waals surface area contributed by atoms with Crippen molar-refractivity contribution in [1.29, 1.82) is 0 Å². The molecule has 5 nitrogen and oxygen atoms in total. The fourth-order valence-electron chi connectivity index (χ4n) is 3.39. The second kappa shape index (κ2) is 5.66. The van der Waals surface area contributed by atoms with Crippen molar-refractivity contribution in [3.8, 4) is 0 Å². The van der Waals surface area contributed by atoms with Gasteiger partial charge >= 0.3 is 0 Å². The Labute approximate surface area is 119 Å². The van der Waals surface area contributed by atoms with Gasteiger partial charge in [-0.1, -0.05) is 6.92 Å². The summed E-state index contributed by atoms with van der Waals surface area (Å²) in [6.45, 7) is 4.50. The summed E-state index contributed by atoms with van der Waals surface area (Å²) < 4.78 is 7.47. The number of carbonyl (C=O) groups is 1. The fourth-order valence-corrected chi connectivity index (χ4v) is 3.39. The maximum atomic E-state index is 12.6. The van der Waals surface area contributed by atoms with Crippen LogP contribution in [0, 0.1) is 5.92 Å².